The summed E-state index contributed by atoms with van der Waals surface area (Å²) in [6.07, 6.45) is 0. The fraction of sp³-hybridized carbons (Fsp3) is 0.167. The van der Waals surface area contributed by atoms with Crippen molar-refractivity contribution in [2.75, 3.05) is 7.11 Å². The van der Waals surface area contributed by atoms with Crippen molar-refractivity contribution in [2.45, 2.75) is 6.04 Å². The van der Waals surface area contributed by atoms with Gasteiger partial charge in [-0.2, -0.15) is 0 Å². The van der Waals surface area contributed by atoms with Gasteiger partial charge in [0.25, 0.3) is 0 Å². The van der Waals surface area contributed by atoms with Crippen molar-refractivity contribution in [2.24, 2.45) is 5.73 Å². The van der Waals surface area contributed by atoms with Crippen LogP contribution in [-0.2, 0) is 0 Å². The summed E-state index contributed by atoms with van der Waals surface area (Å²) in [5.74, 6) is -0.0474. The van der Waals surface area contributed by atoms with E-state index < -0.39 is 11.9 Å². The molecule has 7 heteroatoms. The Balaban J connectivity index is 2.52. The van der Waals surface area contributed by atoms with Crippen LogP contribution >= 0.6 is 50.5 Å². The van der Waals surface area contributed by atoms with Gasteiger partial charge in [0.05, 0.1) is 26.3 Å². The van der Waals surface area contributed by atoms with Crippen LogP contribution in [0.5, 0.6) is 5.75 Å². The molecular weight excluding hydrogens is 376 g/mol. The molecule has 0 radical (unpaired) electrons. The van der Waals surface area contributed by atoms with Crippen molar-refractivity contribution in [1.29, 1.82) is 0 Å². The van der Waals surface area contributed by atoms with E-state index in [1.807, 2.05) is 0 Å². The summed E-state index contributed by atoms with van der Waals surface area (Å²) in [7, 11) is 1.46. The molecule has 1 aromatic carbocycles. The third-order valence-corrected chi connectivity index (χ3v) is 4.75. The lowest BCUT2D eigenvalue weighted by molar-refractivity contribution is 0.404. The first kappa shape index (κ1) is 15.1. The van der Waals surface area contributed by atoms with Crippen molar-refractivity contribution < 1.29 is 9.13 Å². The Morgan fingerprint density at radius 1 is 1.32 bits per heavy atom. The van der Waals surface area contributed by atoms with Gasteiger partial charge in [-0.05, 0) is 28.1 Å². The van der Waals surface area contributed by atoms with Gasteiger partial charge in [-0.1, -0.05) is 23.2 Å². The number of thiophene rings is 1. The second-order valence-electron chi connectivity index (χ2n) is 3.77. The molecule has 1 heterocycles. The fourth-order valence-electron chi connectivity index (χ4n) is 1.70. The normalized spacial score (nSPS) is 12.5. The standard InChI is InChI=1S/C12H9BrCl2FNOS/c1-18-9-4-8(16)7(13)2-5(9)11(17)6-3-10(14)19-12(6)15/h2-4,11H,17H2,1H3. The zero-order chi connectivity index (χ0) is 14.2. The van der Waals surface area contributed by atoms with E-state index >= 15 is 0 Å². The molecule has 0 aliphatic carbocycles. The van der Waals surface area contributed by atoms with Gasteiger partial charge >= 0.3 is 0 Å². The average molecular weight is 385 g/mol. The van der Waals surface area contributed by atoms with Crippen molar-refractivity contribution in [1.82, 2.24) is 0 Å². The predicted octanol–water partition coefficient (Wildman–Crippen LogP) is 5.01. The van der Waals surface area contributed by atoms with Gasteiger partial charge in [0.15, 0.2) is 0 Å². The molecule has 0 spiro atoms. The highest BCUT2D eigenvalue weighted by atomic mass is 79.9. The van der Waals surface area contributed by atoms with E-state index in [1.54, 1.807) is 12.1 Å². The maximum absolute atomic E-state index is 13.5. The summed E-state index contributed by atoms with van der Waals surface area (Å²) in [6, 6.07) is 4.03. The highest BCUT2D eigenvalue weighted by Crippen LogP contribution is 2.39. The van der Waals surface area contributed by atoms with E-state index in [-0.39, 0.29) is 0 Å². The molecule has 0 saturated heterocycles. The lowest BCUT2D eigenvalue weighted by Gasteiger charge is -2.16. The molecular formula is C12H9BrCl2FNOS. The molecule has 19 heavy (non-hydrogen) atoms. The highest BCUT2D eigenvalue weighted by Gasteiger charge is 2.20. The van der Waals surface area contributed by atoms with E-state index in [0.717, 1.165) is 0 Å². The lowest BCUT2D eigenvalue weighted by Crippen LogP contribution is -2.13. The molecule has 1 unspecified atom stereocenters. The van der Waals surface area contributed by atoms with Crippen LogP contribution in [0.15, 0.2) is 22.7 Å². The van der Waals surface area contributed by atoms with Gasteiger partial charge < -0.3 is 10.5 Å². The smallest absolute Gasteiger partial charge is 0.141 e. The van der Waals surface area contributed by atoms with Gasteiger partial charge in [-0.25, -0.2) is 4.39 Å². The lowest BCUT2D eigenvalue weighted by atomic mass is 10.0. The first-order chi connectivity index (χ1) is 8.93. The number of rotatable bonds is 3. The number of hydrogen-bond donors (Lipinski definition) is 1. The second-order valence-corrected chi connectivity index (χ2v) is 6.91. The summed E-state index contributed by atoms with van der Waals surface area (Å²) in [6.45, 7) is 0. The van der Waals surface area contributed by atoms with Crippen molar-refractivity contribution in [3.63, 3.8) is 0 Å². The molecule has 0 amide bonds. The van der Waals surface area contributed by atoms with E-state index in [0.29, 0.717) is 30.0 Å². The van der Waals surface area contributed by atoms with Crippen LogP contribution in [0.4, 0.5) is 4.39 Å². The van der Waals surface area contributed by atoms with Gasteiger partial charge in [-0.15, -0.1) is 11.3 Å². The average Bonchev–Trinajstić information content (AvgIpc) is 2.70. The Labute approximate surface area is 132 Å². The Morgan fingerprint density at radius 2 is 2.00 bits per heavy atom. The minimum atomic E-state index is -0.539. The summed E-state index contributed by atoms with van der Waals surface area (Å²) >= 11 is 16.4. The van der Waals surface area contributed by atoms with Crippen LogP contribution in [0.1, 0.15) is 17.2 Å². The predicted molar refractivity (Wildman–Crippen MR) is 81.0 cm³/mol. The summed E-state index contributed by atoms with van der Waals surface area (Å²) in [5, 5.41) is 0. The number of hydrogen-bond acceptors (Lipinski definition) is 3. The molecule has 1 atom stereocenters. The molecule has 2 aromatic rings. The maximum Gasteiger partial charge on any atom is 0.141 e. The molecule has 0 fully saturated rings. The van der Waals surface area contributed by atoms with E-state index in [4.69, 9.17) is 33.7 Å². The SMILES string of the molecule is COc1cc(F)c(Br)cc1C(N)c1cc(Cl)sc1Cl. The molecule has 0 saturated carbocycles. The van der Waals surface area contributed by atoms with Gasteiger partial charge in [0.2, 0.25) is 0 Å². The zero-order valence-corrected chi connectivity index (χ0v) is 13.6. The molecule has 0 aliphatic heterocycles. The third-order valence-electron chi connectivity index (χ3n) is 2.63. The topological polar surface area (TPSA) is 35.2 Å². The quantitative estimate of drug-likeness (QED) is 0.806. The number of nitrogens with two attached hydrogens (primary N) is 1. The van der Waals surface area contributed by atoms with E-state index in [9.17, 15) is 4.39 Å². The molecule has 2 nitrogen and oxygen atoms in total. The maximum atomic E-state index is 13.5. The third kappa shape index (κ3) is 3.06. The Morgan fingerprint density at radius 3 is 2.53 bits per heavy atom. The molecule has 2 N–H and O–H groups in total. The minimum absolute atomic E-state index is 0.316. The van der Waals surface area contributed by atoms with Crippen LogP contribution < -0.4 is 10.5 Å². The minimum Gasteiger partial charge on any atom is -0.496 e. The van der Waals surface area contributed by atoms with Gasteiger partial charge in [0, 0.05) is 17.2 Å². The Kier molecular flexibility index (Phi) is 4.74. The first-order valence-corrected chi connectivity index (χ1v) is 7.53. The monoisotopic (exact) mass is 383 g/mol. The number of methoxy groups -OCH3 is 1. The van der Waals surface area contributed by atoms with Crippen LogP contribution in [0.2, 0.25) is 8.67 Å². The van der Waals surface area contributed by atoms with Gasteiger partial charge in [-0.3, -0.25) is 0 Å². The molecule has 102 valence electrons. The van der Waals surface area contributed by atoms with E-state index in [1.165, 1.54) is 24.5 Å². The van der Waals surface area contributed by atoms with Gasteiger partial charge in [0.1, 0.15) is 11.6 Å². The first-order valence-electron chi connectivity index (χ1n) is 5.17. The zero-order valence-electron chi connectivity index (χ0n) is 9.72. The van der Waals surface area contributed by atoms with Crippen molar-refractivity contribution >= 4 is 50.5 Å². The molecule has 1 aromatic heterocycles. The number of ether oxygens (including phenoxy) is 1. The molecule has 0 aliphatic rings. The second kappa shape index (κ2) is 5.97. The van der Waals surface area contributed by atoms with Crippen LogP contribution in [0.3, 0.4) is 0 Å². The summed E-state index contributed by atoms with van der Waals surface area (Å²) in [4.78, 5) is 0. The Hall–Kier alpha value is -0.330. The molecule has 2 rings (SSSR count). The van der Waals surface area contributed by atoms with Crippen molar-refractivity contribution in [3.05, 3.63) is 48.3 Å². The summed E-state index contributed by atoms with van der Waals surface area (Å²) in [5.41, 5.74) is 7.49. The van der Waals surface area contributed by atoms with Crippen LogP contribution in [-0.4, -0.2) is 7.11 Å². The van der Waals surface area contributed by atoms with Crippen LogP contribution in [0.25, 0.3) is 0 Å². The van der Waals surface area contributed by atoms with E-state index in [2.05, 4.69) is 15.9 Å². The largest absolute Gasteiger partial charge is 0.496 e. The number of halogens is 4. The summed E-state index contributed by atoms with van der Waals surface area (Å²) < 4.78 is 20.0. The fourth-order valence-corrected chi connectivity index (χ4v) is 3.61. The van der Waals surface area contributed by atoms with Crippen molar-refractivity contribution in [3.8, 4) is 5.75 Å². The Bertz CT molecular complexity index is 620. The number of benzene rings is 1. The van der Waals surface area contributed by atoms with Crippen LogP contribution in [0, 0.1) is 5.82 Å². The highest BCUT2D eigenvalue weighted by molar-refractivity contribution is 9.10. The molecule has 0 bridgehead atoms.